The van der Waals surface area contributed by atoms with E-state index in [4.69, 9.17) is 9.47 Å². The van der Waals surface area contributed by atoms with E-state index in [1.54, 1.807) is 0 Å². The summed E-state index contributed by atoms with van der Waals surface area (Å²) < 4.78 is 9.54. The zero-order valence-corrected chi connectivity index (χ0v) is 11.3. The summed E-state index contributed by atoms with van der Waals surface area (Å²) in [7, 11) is 0. The zero-order chi connectivity index (χ0) is 14.0. The SMILES string of the molecule is C=C(CCCC)OC(=O)C(=O)OC(=C)CCCC. The highest BCUT2D eigenvalue weighted by atomic mass is 16.6. The average molecular weight is 254 g/mol. The molecule has 0 saturated heterocycles. The maximum atomic E-state index is 11.3. The monoisotopic (exact) mass is 254 g/mol. The molecule has 0 heterocycles. The average Bonchev–Trinajstić information content (AvgIpc) is 2.33. The zero-order valence-electron chi connectivity index (χ0n) is 11.3. The molecule has 0 aromatic heterocycles. The minimum atomic E-state index is -1.03. The summed E-state index contributed by atoms with van der Waals surface area (Å²) in [5, 5.41) is 0. The molecular formula is C14H22O4. The van der Waals surface area contributed by atoms with Gasteiger partial charge in [-0.25, -0.2) is 9.59 Å². The van der Waals surface area contributed by atoms with Crippen molar-refractivity contribution in [1.29, 1.82) is 0 Å². The van der Waals surface area contributed by atoms with Crippen LogP contribution in [0.1, 0.15) is 52.4 Å². The molecule has 4 nitrogen and oxygen atoms in total. The molecule has 0 radical (unpaired) electrons. The van der Waals surface area contributed by atoms with Crippen LogP contribution >= 0.6 is 0 Å². The predicted octanol–water partition coefficient (Wildman–Crippen LogP) is 3.48. The van der Waals surface area contributed by atoms with Crippen molar-refractivity contribution >= 4 is 11.9 Å². The Bertz CT molecular complexity index is 286. The van der Waals surface area contributed by atoms with Crippen molar-refractivity contribution in [2.45, 2.75) is 52.4 Å². The number of unbranched alkanes of at least 4 members (excludes halogenated alkanes) is 2. The molecule has 0 atom stereocenters. The lowest BCUT2D eigenvalue weighted by Crippen LogP contribution is -2.19. The number of hydrogen-bond donors (Lipinski definition) is 0. The van der Waals surface area contributed by atoms with E-state index in [2.05, 4.69) is 13.2 Å². The summed E-state index contributed by atoms with van der Waals surface area (Å²) in [6, 6.07) is 0. The number of carbonyl (C=O) groups excluding carboxylic acids is 2. The van der Waals surface area contributed by atoms with Crippen molar-refractivity contribution in [2.75, 3.05) is 0 Å². The number of ether oxygens (including phenoxy) is 2. The van der Waals surface area contributed by atoms with Crippen molar-refractivity contribution < 1.29 is 19.1 Å². The Hall–Kier alpha value is -1.58. The van der Waals surface area contributed by atoms with Crippen molar-refractivity contribution in [3.8, 4) is 0 Å². The lowest BCUT2D eigenvalue weighted by molar-refractivity contribution is -0.162. The first kappa shape index (κ1) is 16.4. The Kier molecular flexibility index (Phi) is 8.62. The first-order valence-electron chi connectivity index (χ1n) is 6.30. The van der Waals surface area contributed by atoms with Gasteiger partial charge in [-0.05, 0) is 12.8 Å². The Morgan fingerprint density at radius 1 is 0.833 bits per heavy atom. The summed E-state index contributed by atoms with van der Waals surface area (Å²) in [4.78, 5) is 22.7. The summed E-state index contributed by atoms with van der Waals surface area (Å²) in [6.07, 6.45) is 4.79. The Morgan fingerprint density at radius 2 is 1.17 bits per heavy atom. The fourth-order valence-corrected chi connectivity index (χ4v) is 1.20. The van der Waals surface area contributed by atoms with Crippen LogP contribution < -0.4 is 0 Å². The molecule has 102 valence electrons. The van der Waals surface area contributed by atoms with Crippen LogP contribution in [0.2, 0.25) is 0 Å². The smallest absolute Gasteiger partial charge is 0.422 e. The highest BCUT2D eigenvalue weighted by Gasteiger charge is 2.19. The molecule has 0 aromatic carbocycles. The number of hydrogen-bond acceptors (Lipinski definition) is 4. The van der Waals surface area contributed by atoms with E-state index in [9.17, 15) is 9.59 Å². The molecule has 0 amide bonds. The maximum Gasteiger partial charge on any atom is 0.422 e. The molecule has 0 aliphatic rings. The highest BCUT2D eigenvalue weighted by molar-refractivity contribution is 6.30. The van der Waals surface area contributed by atoms with Gasteiger partial charge in [0.25, 0.3) is 0 Å². The molecule has 0 spiro atoms. The van der Waals surface area contributed by atoms with Crippen LogP contribution in [0.25, 0.3) is 0 Å². The van der Waals surface area contributed by atoms with Crippen molar-refractivity contribution in [2.24, 2.45) is 0 Å². The molecule has 0 N–H and O–H groups in total. The largest absolute Gasteiger partial charge is 0.423 e. The minimum Gasteiger partial charge on any atom is -0.423 e. The van der Waals surface area contributed by atoms with Crippen molar-refractivity contribution in [1.82, 2.24) is 0 Å². The molecule has 18 heavy (non-hydrogen) atoms. The van der Waals surface area contributed by atoms with Crippen LogP contribution in [-0.4, -0.2) is 11.9 Å². The maximum absolute atomic E-state index is 11.3. The van der Waals surface area contributed by atoms with Gasteiger partial charge in [-0.15, -0.1) is 0 Å². The van der Waals surface area contributed by atoms with E-state index < -0.39 is 11.9 Å². The molecule has 0 fully saturated rings. The van der Waals surface area contributed by atoms with Gasteiger partial charge in [0.1, 0.15) is 11.5 Å². The van der Waals surface area contributed by atoms with Crippen molar-refractivity contribution in [3.63, 3.8) is 0 Å². The minimum absolute atomic E-state index is 0.290. The van der Waals surface area contributed by atoms with Gasteiger partial charge in [0.15, 0.2) is 0 Å². The Morgan fingerprint density at radius 3 is 1.44 bits per heavy atom. The number of allylic oxidation sites excluding steroid dienone is 2. The summed E-state index contributed by atoms with van der Waals surface area (Å²) >= 11 is 0. The molecule has 4 heteroatoms. The van der Waals surface area contributed by atoms with Crippen LogP contribution in [0.5, 0.6) is 0 Å². The standard InChI is InChI=1S/C14H22O4/c1-5-7-9-11(3)17-13(15)14(16)18-12(4)10-8-6-2/h3-10H2,1-2H3. The molecule has 0 aliphatic heterocycles. The van der Waals surface area contributed by atoms with E-state index in [1.807, 2.05) is 13.8 Å². The van der Waals surface area contributed by atoms with E-state index in [1.165, 1.54) is 0 Å². The van der Waals surface area contributed by atoms with Gasteiger partial charge in [-0.2, -0.15) is 0 Å². The van der Waals surface area contributed by atoms with Gasteiger partial charge in [-0.1, -0.05) is 39.8 Å². The summed E-state index contributed by atoms with van der Waals surface area (Å²) in [5.41, 5.74) is 0. The third-order valence-electron chi connectivity index (χ3n) is 2.26. The van der Waals surface area contributed by atoms with Gasteiger partial charge in [0.05, 0.1) is 0 Å². The lowest BCUT2D eigenvalue weighted by Gasteiger charge is -2.08. The van der Waals surface area contributed by atoms with Crippen LogP contribution in [0.3, 0.4) is 0 Å². The lowest BCUT2D eigenvalue weighted by atomic mass is 10.2. The number of rotatable bonds is 8. The molecule has 0 saturated carbocycles. The highest BCUT2D eigenvalue weighted by Crippen LogP contribution is 2.10. The van der Waals surface area contributed by atoms with Gasteiger partial charge in [-0.3, -0.25) is 0 Å². The molecule has 0 aromatic rings. The second kappa shape index (κ2) is 9.45. The predicted molar refractivity (Wildman–Crippen MR) is 69.5 cm³/mol. The van der Waals surface area contributed by atoms with E-state index in [-0.39, 0.29) is 11.5 Å². The van der Waals surface area contributed by atoms with Crippen LogP contribution in [0, 0.1) is 0 Å². The van der Waals surface area contributed by atoms with Crippen LogP contribution in [0.4, 0.5) is 0 Å². The molecule has 0 unspecified atom stereocenters. The second-order valence-corrected chi connectivity index (χ2v) is 4.06. The van der Waals surface area contributed by atoms with Crippen molar-refractivity contribution in [3.05, 3.63) is 24.7 Å². The van der Waals surface area contributed by atoms with E-state index in [0.717, 1.165) is 25.7 Å². The van der Waals surface area contributed by atoms with Gasteiger partial charge >= 0.3 is 11.9 Å². The quantitative estimate of drug-likeness (QED) is 0.378. The summed E-state index contributed by atoms with van der Waals surface area (Å²) in [5.74, 6) is -1.49. The van der Waals surface area contributed by atoms with Gasteiger partial charge in [0, 0.05) is 12.8 Å². The molecule has 0 aliphatic carbocycles. The van der Waals surface area contributed by atoms with E-state index in [0.29, 0.717) is 12.8 Å². The second-order valence-electron chi connectivity index (χ2n) is 4.06. The fourth-order valence-electron chi connectivity index (χ4n) is 1.20. The number of carbonyl (C=O) groups is 2. The molecule has 0 rings (SSSR count). The third kappa shape index (κ3) is 7.65. The Labute approximate surface area is 109 Å². The topological polar surface area (TPSA) is 52.6 Å². The third-order valence-corrected chi connectivity index (χ3v) is 2.26. The van der Waals surface area contributed by atoms with Gasteiger partial charge < -0.3 is 9.47 Å². The normalized spacial score (nSPS) is 9.67. The summed E-state index contributed by atoms with van der Waals surface area (Å²) in [6.45, 7) is 11.2. The fraction of sp³-hybridized carbons (Fsp3) is 0.571. The van der Waals surface area contributed by atoms with E-state index >= 15 is 0 Å². The van der Waals surface area contributed by atoms with Crippen LogP contribution in [0.15, 0.2) is 24.7 Å². The van der Waals surface area contributed by atoms with Crippen LogP contribution in [-0.2, 0) is 19.1 Å². The molecule has 0 bridgehead atoms. The first-order valence-corrected chi connectivity index (χ1v) is 6.30. The van der Waals surface area contributed by atoms with Gasteiger partial charge in [0.2, 0.25) is 0 Å². The molecular weight excluding hydrogens is 232 g/mol. The first-order chi connectivity index (χ1) is 8.51. The Balaban J connectivity index is 3.99. The number of esters is 2.